The van der Waals surface area contributed by atoms with E-state index in [2.05, 4.69) is 15.5 Å². The van der Waals surface area contributed by atoms with Gasteiger partial charge in [-0.2, -0.15) is 4.98 Å². The Morgan fingerprint density at radius 2 is 1.84 bits per heavy atom. The molecule has 0 atom stereocenters. The van der Waals surface area contributed by atoms with Crippen LogP contribution in [0.25, 0.3) is 0 Å². The average molecular weight is 495 g/mol. The van der Waals surface area contributed by atoms with Crippen molar-refractivity contribution >= 4 is 23.2 Å². The Balaban J connectivity index is 1.26. The average Bonchev–Trinajstić information content (AvgIpc) is 3.37. The lowest BCUT2D eigenvalue weighted by Gasteiger charge is -2.30. The van der Waals surface area contributed by atoms with Crippen LogP contribution >= 0.6 is 0 Å². The maximum absolute atomic E-state index is 13.2. The van der Waals surface area contributed by atoms with Crippen LogP contribution in [0, 0.1) is 6.92 Å². The number of carbonyl (C=O) groups excluding carboxylic acids is 2. The number of aryl methyl sites for hydroxylation is 2. The van der Waals surface area contributed by atoms with E-state index in [1.807, 2.05) is 86.3 Å². The first-order valence-electron chi connectivity index (χ1n) is 12.6. The fourth-order valence-corrected chi connectivity index (χ4v) is 4.55. The summed E-state index contributed by atoms with van der Waals surface area (Å²) < 4.78 is 5.27. The highest BCUT2D eigenvalue weighted by molar-refractivity contribution is 6.08. The van der Waals surface area contributed by atoms with Crippen molar-refractivity contribution in [3.63, 3.8) is 0 Å². The summed E-state index contributed by atoms with van der Waals surface area (Å²) in [6.07, 6.45) is 2.25. The molecule has 1 aliphatic rings. The Hall–Kier alpha value is -4.26. The van der Waals surface area contributed by atoms with Gasteiger partial charge in [-0.15, -0.1) is 0 Å². The molecule has 1 N–H and O–H groups in total. The van der Waals surface area contributed by atoms with Gasteiger partial charge in [0.15, 0.2) is 5.82 Å². The first kappa shape index (κ1) is 24.4. The zero-order chi connectivity index (χ0) is 25.9. The van der Waals surface area contributed by atoms with E-state index >= 15 is 0 Å². The number of nitrogens with one attached hydrogen (secondary N) is 1. The lowest BCUT2D eigenvalue weighted by Crippen LogP contribution is -2.35. The summed E-state index contributed by atoms with van der Waals surface area (Å²) in [6, 6.07) is 20.9. The number of carbonyl (C=O) groups is 2. The van der Waals surface area contributed by atoms with Crippen molar-refractivity contribution in [3.05, 3.63) is 106 Å². The maximum Gasteiger partial charge on any atom is 0.258 e. The van der Waals surface area contributed by atoms with Crippen LogP contribution in [0.4, 0.5) is 11.4 Å². The van der Waals surface area contributed by atoms with Crippen molar-refractivity contribution < 1.29 is 14.1 Å². The van der Waals surface area contributed by atoms with Crippen LogP contribution in [-0.4, -0.2) is 28.5 Å². The molecule has 0 aliphatic carbocycles. The van der Waals surface area contributed by atoms with E-state index in [-0.39, 0.29) is 17.7 Å². The predicted molar refractivity (Wildman–Crippen MR) is 143 cm³/mol. The summed E-state index contributed by atoms with van der Waals surface area (Å²) in [6.45, 7) is 6.67. The molecule has 0 spiro atoms. The van der Waals surface area contributed by atoms with Crippen molar-refractivity contribution in [1.29, 1.82) is 0 Å². The van der Waals surface area contributed by atoms with E-state index in [0.29, 0.717) is 41.5 Å². The molecule has 0 fully saturated rings. The molecule has 37 heavy (non-hydrogen) atoms. The van der Waals surface area contributed by atoms with Crippen molar-refractivity contribution in [2.45, 2.75) is 46.0 Å². The second-order valence-electron chi connectivity index (χ2n) is 9.80. The number of benzene rings is 3. The number of nitrogens with zero attached hydrogens (tertiary/aromatic N) is 3. The van der Waals surface area contributed by atoms with Gasteiger partial charge in [0.25, 0.3) is 11.8 Å². The monoisotopic (exact) mass is 494 g/mol. The van der Waals surface area contributed by atoms with Crippen LogP contribution in [-0.2, 0) is 12.8 Å². The molecule has 7 nitrogen and oxygen atoms in total. The van der Waals surface area contributed by atoms with Crippen LogP contribution in [0.5, 0.6) is 0 Å². The van der Waals surface area contributed by atoms with Crippen molar-refractivity contribution in [2.24, 2.45) is 0 Å². The van der Waals surface area contributed by atoms with Gasteiger partial charge in [0.1, 0.15) is 0 Å². The van der Waals surface area contributed by atoms with Crippen molar-refractivity contribution in [3.8, 4) is 0 Å². The van der Waals surface area contributed by atoms with Crippen LogP contribution in [0.1, 0.15) is 75.3 Å². The van der Waals surface area contributed by atoms with Crippen LogP contribution < -0.4 is 10.2 Å². The topological polar surface area (TPSA) is 88.3 Å². The quantitative estimate of drug-likeness (QED) is 0.358. The van der Waals surface area contributed by atoms with E-state index in [9.17, 15) is 9.59 Å². The van der Waals surface area contributed by atoms with Gasteiger partial charge in [-0.3, -0.25) is 9.59 Å². The molecule has 5 rings (SSSR count). The smallest absolute Gasteiger partial charge is 0.258 e. The Kier molecular flexibility index (Phi) is 6.86. The third-order valence-corrected chi connectivity index (χ3v) is 6.52. The number of aromatic nitrogens is 2. The number of hydrogen-bond donors (Lipinski definition) is 1. The number of anilines is 2. The molecule has 0 saturated heterocycles. The van der Waals surface area contributed by atoms with Gasteiger partial charge in [-0.05, 0) is 73.4 Å². The number of rotatable bonds is 6. The molecule has 0 unspecified atom stereocenters. The fraction of sp³-hybridized carbons (Fsp3) is 0.267. The summed E-state index contributed by atoms with van der Waals surface area (Å²) in [5.41, 5.74) is 5.92. The lowest BCUT2D eigenvalue weighted by atomic mass is 9.98. The largest absolute Gasteiger partial charge is 0.339 e. The standard InChI is InChI=1S/C30H30N4O3/c1-19(2)29-32-27(33-37-29)17-21-9-12-25(13-10-21)31-28(35)23-11-14-26-22(18-23)8-5-15-34(26)30(36)24-7-4-6-20(3)16-24/h4,6-7,9-14,16,18-19H,5,8,15,17H2,1-3H3,(H,31,35). The maximum atomic E-state index is 13.2. The Morgan fingerprint density at radius 1 is 1.03 bits per heavy atom. The second kappa shape index (κ2) is 10.4. The molecule has 3 aromatic carbocycles. The van der Waals surface area contributed by atoms with E-state index in [1.54, 1.807) is 6.07 Å². The van der Waals surface area contributed by atoms with Crippen LogP contribution in [0.2, 0.25) is 0 Å². The van der Waals surface area contributed by atoms with Gasteiger partial charge in [0.2, 0.25) is 5.89 Å². The molecule has 2 heterocycles. The predicted octanol–water partition coefficient (Wildman–Crippen LogP) is 5.94. The van der Waals surface area contributed by atoms with E-state index < -0.39 is 0 Å². The van der Waals surface area contributed by atoms with Gasteiger partial charge >= 0.3 is 0 Å². The van der Waals surface area contributed by atoms with E-state index in [4.69, 9.17) is 4.52 Å². The lowest BCUT2D eigenvalue weighted by molar-refractivity contribution is 0.0984. The Bertz CT molecular complexity index is 1440. The minimum absolute atomic E-state index is 0.0109. The zero-order valence-corrected chi connectivity index (χ0v) is 21.3. The number of hydrogen-bond acceptors (Lipinski definition) is 5. The normalized spacial score (nSPS) is 12.9. The van der Waals surface area contributed by atoms with E-state index in [0.717, 1.165) is 35.2 Å². The molecule has 0 saturated carbocycles. The minimum Gasteiger partial charge on any atom is -0.339 e. The molecule has 7 heteroatoms. The molecule has 4 aromatic rings. The molecule has 0 radical (unpaired) electrons. The molecular formula is C30H30N4O3. The first-order chi connectivity index (χ1) is 17.9. The number of amides is 2. The molecular weight excluding hydrogens is 464 g/mol. The van der Waals surface area contributed by atoms with Crippen molar-refractivity contribution in [1.82, 2.24) is 10.1 Å². The van der Waals surface area contributed by atoms with Crippen LogP contribution in [0.15, 0.2) is 71.3 Å². The van der Waals surface area contributed by atoms with Gasteiger partial charge in [0, 0.05) is 41.4 Å². The SMILES string of the molecule is Cc1cccc(C(=O)N2CCCc3cc(C(=O)Nc4ccc(Cc5noc(C(C)C)n5)cc4)ccc32)c1. The first-order valence-corrected chi connectivity index (χ1v) is 12.6. The van der Waals surface area contributed by atoms with Gasteiger partial charge in [0.05, 0.1) is 0 Å². The highest BCUT2D eigenvalue weighted by atomic mass is 16.5. The summed E-state index contributed by atoms with van der Waals surface area (Å²) in [5.74, 6) is 1.27. The number of fused-ring (bicyclic) bond motifs is 1. The third-order valence-electron chi connectivity index (χ3n) is 6.52. The Morgan fingerprint density at radius 3 is 2.57 bits per heavy atom. The molecule has 0 bridgehead atoms. The van der Waals surface area contributed by atoms with E-state index in [1.165, 1.54) is 0 Å². The summed E-state index contributed by atoms with van der Waals surface area (Å²) in [7, 11) is 0. The van der Waals surface area contributed by atoms with Crippen molar-refractivity contribution in [2.75, 3.05) is 16.8 Å². The van der Waals surface area contributed by atoms with Crippen LogP contribution in [0.3, 0.4) is 0 Å². The molecule has 1 aromatic heterocycles. The minimum atomic E-state index is -0.183. The third kappa shape index (κ3) is 5.45. The van der Waals surface area contributed by atoms with Gasteiger partial charge in [-0.1, -0.05) is 48.8 Å². The molecule has 188 valence electrons. The van der Waals surface area contributed by atoms with Gasteiger partial charge in [-0.25, -0.2) is 0 Å². The Labute approximate surface area is 216 Å². The van der Waals surface area contributed by atoms with Gasteiger partial charge < -0.3 is 14.7 Å². The fourth-order valence-electron chi connectivity index (χ4n) is 4.55. The second-order valence-corrected chi connectivity index (χ2v) is 9.80. The zero-order valence-electron chi connectivity index (χ0n) is 21.3. The molecule has 2 amide bonds. The highest BCUT2D eigenvalue weighted by Crippen LogP contribution is 2.30. The summed E-state index contributed by atoms with van der Waals surface area (Å²) in [5, 5.41) is 7.01. The summed E-state index contributed by atoms with van der Waals surface area (Å²) in [4.78, 5) is 32.4. The molecule has 1 aliphatic heterocycles. The highest BCUT2D eigenvalue weighted by Gasteiger charge is 2.24. The summed E-state index contributed by atoms with van der Waals surface area (Å²) >= 11 is 0.